The first kappa shape index (κ1) is 70.7. The van der Waals surface area contributed by atoms with Crippen molar-refractivity contribution in [2.45, 2.75) is 159 Å². The number of carbonyl (C=O) groups is 13. The number of aromatic nitrogens is 3. The average Bonchev–Trinajstić information content (AvgIpc) is 4.03. The van der Waals surface area contributed by atoms with Gasteiger partial charge in [-0.1, -0.05) is 76.2 Å². The molecule has 2 aliphatic heterocycles. The van der Waals surface area contributed by atoms with Gasteiger partial charge in [-0.2, -0.15) is 11.8 Å². The lowest BCUT2D eigenvalue weighted by Crippen LogP contribution is -2.60. The Morgan fingerprint density at radius 1 is 0.648 bits per heavy atom. The van der Waals surface area contributed by atoms with E-state index in [-0.39, 0.29) is 70.2 Å². The monoisotopic (exact) mass is 1280 g/mol. The van der Waals surface area contributed by atoms with E-state index >= 15 is 0 Å². The number of H-pyrrole nitrogens is 2. The number of rotatable bonds is 34. The Kier molecular flexibility index (Phi) is 26.4. The molecule has 2 aromatic heterocycles. The van der Waals surface area contributed by atoms with Crippen LogP contribution in [0.25, 0.3) is 10.9 Å². The first-order valence-corrected chi connectivity index (χ1v) is 31.6. The molecule has 0 radical (unpaired) electrons. The SMILES string of the molecule is CSCC[C@H](NC(=O)[C@H](Cc1ccccc1)NC(=O)[C@H](Cc1cnc[nH]1)NC(=O)CNC(=O)C(NC(=O)[C@H](C)NC(=O)[C@H](Cc1c[nH]c2ccccc12)NC(=O)[C@H](CCC(N)=O)NC(=O)[C@@H]1CCCN1C(=O)C(NC(=O)C1CCC(=O)N1)C(C)C)C(C)C)C(N)=O. The number of nitrogens with two attached hydrogens (primary N) is 2. The maximum atomic E-state index is 14.5. The highest BCUT2D eigenvalue weighted by Gasteiger charge is 2.42. The second-order valence-corrected chi connectivity index (χ2v) is 24.3. The van der Waals surface area contributed by atoms with Gasteiger partial charge in [-0.05, 0) is 80.1 Å². The lowest BCUT2D eigenvalue weighted by Gasteiger charge is -2.32. The fourth-order valence-corrected chi connectivity index (χ4v) is 11.0. The zero-order chi connectivity index (χ0) is 66.5. The highest BCUT2D eigenvalue weighted by atomic mass is 32.2. The van der Waals surface area contributed by atoms with Gasteiger partial charge in [0.25, 0.3) is 0 Å². The van der Waals surface area contributed by atoms with Gasteiger partial charge in [-0.3, -0.25) is 62.3 Å². The van der Waals surface area contributed by atoms with Crippen LogP contribution in [0.1, 0.15) is 96.4 Å². The predicted octanol–water partition coefficient (Wildman–Crippen LogP) is -1.98. The Labute approximate surface area is 530 Å². The van der Waals surface area contributed by atoms with E-state index in [1.807, 2.05) is 6.26 Å². The van der Waals surface area contributed by atoms with Crippen LogP contribution in [0.15, 0.2) is 73.3 Å². The molecule has 13 amide bonds. The molecule has 0 aliphatic carbocycles. The van der Waals surface area contributed by atoms with Gasteiger partial charge in [0.15, 0.2) is 0 Å². The predicted molar refractivity (Wildman–Crippen MR) is 335 cm³/mol. The van der Waals surface area contributed by atoms with Gasteiger partial charge in [-0.25, -0.2) is 4.98 Å². The summed E-state index contributed by atoms with van der Waals surface area (Å²) in [6.07, 6.45) is 6.55. The van der Waals surface area contributed by atoms with Crippen LogP contribution in [0, 0.1) is 11.8 Å². The lowest BCUT2D eigenvalue weighted by molar-refractivity contribution is -0.143. The lowest BCUT2D eigenvalue weighted by atomic mass is 10.0. The van der Waals surface area contributed by atoms with Crippen LogP contribution in [-0.2, 0) is 81.6 Å². The van der Waals surface area contributed by atoms with Crippen molar-refractivity contribution < 1.29 is 62.3 Å². The number of imidazole rings is 1. The number of fused-ring (bicyclic) bond motifs is 1. The van der Waals surface area contributed by atoms with Crippen LogP contribution >= 0.6 is 11.8 Å². The molecule has 16 N–H and O–H groups in total. The summed E-state index contributed by atoms with van der Waals surface area (Å²) < 4.78 is 0. The molecule has 0 bridgehead atoms. The number of carbonyl (C=O) groups excluding carboxylic acids is 13. The minimum Gasteiger partial charge on any atom is -0.370 e. The third-order valence-corrected chi connectivity index (χ3v) is 16.3. The molecule has 2 aliphatic rings. The standard InChI is InChI=1S/C61H84N16O13S/c1-32(2)50(60(89)66-30-49(80)70-45(27-37-29-64-31-67-37)58(87)73-43(25-35-13-8-7-9-14-35)57(86)71-40(52(63)81)22-24-91-6)75-53(82)34(5)68-56(85)44(26-36-28-65-39-16-11-10-15-38(36)39)74-54(83)42(18-20-47(62)78)72-59(88)46-17-12-23-77(46)61(90)51(33(3)4)76-55(84)41-19-21-48(79)69-41/h7-11,13-16,28-29,31-34,40-46,50-51,65H,12,17-27,30H2,1-6H3,(H2,62,78)(H2,63,81)(H,64,67)(H,66,89)(H,68,85)(H,69,79)(H,70,80)(H,71,86)(H,72,88)(H,73,87)(H,74,83)(H,75,82)(H,76,84)/t34-,40-,41?,42-,43-,44-,45-,46-,50?,51?/m0/s1. The Balaban J connectivity index is 1.12. The number of aromatic amines is 2. The summed E-state index contributed by atoms with van der Waals surface area (Å²) in [5.74, 6) is -9.93. The minimum absolute atomic E-state index is 0.00439. The molecule has 4 heterocycles. The number of para-hydroxylation sites is 1. The molecular weight excluding hydrogens is 1200 g/mol. The number of nitrogens with zero attached hydrogens (tertiary/aromatic N) is 2. The van der Waals surface area contributed by atoms with Crippen LogP contribution < -0.4 is 64.6 Å². The largest absolute Gasteiger partial charge is 0.370 e. The molecule has 4 aromatic rings. The molecule has 492 valence electrons. The van der Waals surface area contributed by atoms with Crippen molar-refractivity contribution in [3.05, 3.63) is 90.1 Å². The van der Waals surface area contributed by atoms with Crippen molar-refractivity contribution in [1.82, 2.24) is 73.0 Å². The fraction of sp³-hybridized carbons (Fsp3) is 0.508. The molecule has 2 fully saturated rings. The smallest absolute Gasteiger partial charge is 0.246 e. The van der Waals surface area contributed by atoms with Crippen LogP contribution in [0.4, 0.5) is 0 Å². The Morgan fingerprint density at radius 2 is 1.29 bits per heavy atom. The molecule has 29 nitrogen and oxygen atoms in total. The normalized spacial score (nSPS) is 17.2. The van der Waals surface area contributed by atoms with Crippen LogP contribution in [0.2, 0.25) is 0 Å². The molecule has 91 heavy (non-hydrogen) atoms. The summed E-state index contributed by atoms with van der Waals surface area (Å²) in [6, 6.07) is 3.79. The maximum Gasteiger partial charge on any atom is 0.246 e. The van der Waals surface area contributed by atoms with Crippen molar-refractivity contribution in [2.75, 3.05) is 25.1 Å². The van der Waals surface area contributed by atoms with Gasteiger partial charge in [0.05, 0.1) is 12.9 Å². The van der Waals surface area contributed by atoms with Crippen LogP contribution in [0.3, 0.4) is 0 Å². The van der Waals surface area contributed by atoms with E-state index in [4.69, 9.17) is 11.5 Å². The Hall–Kier alpha value is -9.35. The van der Waals surface area contributed by atoms with E-state index in [0.717, 1.165) is 0 Å². The van der Waals surface area contributed by atoms with Crippen molar-refractivity contribution in [1.29, 1.82) is 0 Å². The van der Waals surface area contributed by atoms with E-state index in [9.17, 15) is 62.3 Å². The number of likely N-dealkylation sites (tertiary alicyclic amines) is 1. The van der Waals surface area contributed by atoms with Gasteiger partial charge in [0, 0.05) is 67.6 Å². The van der Waals surface area contributed by atoms with Gasteiger partial charge < -0.3 is 79.5 Å². The van der Waals surface area contributed by atoms with E-state index < -0.39 is 150 Å². The molecule has 30 heteroatoms. The molecule has 10 atom stereocenters. The summed E-state index contributed by atoms with van der Waals surface area (Å²) in [6.45, 7) is 7.49. The molecule has 2 saturated heterocycles. The van der Waals surface area contributed by atoms with Crippen molar-refractivity contribution in [3.8, 4) is 0 Å². The first-order valence-electron chi connectivity index (χ1n) is 30.3. The van der Waals surface area contributed by atoms with E-state index in [1.165, 1.54) is 36.1 Å². The van der Waals surface area contributed by atoms with E-state index in [2.05, 4.69) is 68.1 Å². The van der Waals surface area contributed by atoms with E-state index in [0.29, 0.717) is 39.9 Å². The topological polar surface area (TPSA) is 442 Å². The molecule has 2 aromatic carbocycles. The molecule has 0 saturated carbocycles. The van der Waals surface area contributed by atoms with E-state index in [1.54, 1.807) is 88.5 Å². The fourth-order valence-electron chi connectivity index (χ4n) is 10.6. The number of primary amides is 2. The number of thioether (sulfide) groups is 1. The van der Waals surface area contributed by atoms with Crippen molar-refractivity contribution in [3.63, 3.8) is 0 Å². The summed E-state index contributed by atoms with van der Waals surface area (Å²) in [5, 5.41) is 27.1. The second-order valence-electron chi connectivity index (χ2n) is 23.3. The Bertz CT molecular complexity index is 3250. The first-order chi connectivity index (χ1) is 43.3. The molecule has 3 unspecified atom stereocenters. The third-order valence-electron chi connectivity index (χ3n) is 15.7. The number of hydrogen-bond acceptors (Lipinski definition) is 15. The number of hydrogen-bond donors (Lipinski definition) is 14. The van der Waals surface area contributed by atoms with Gasteiger partial charge >= 0.3 is 0 Å². The zero-order valence-corrected chi connectivity index (χ0v) is 52.6. The van der Waals surface area contributed by atoms with Crippen LogP contribution in [-0.4, -0.2) is 182 Å². The third kappa shape index (κ3) is 20.9. The van der Waals surface area contributed by atoms with Gasteiger partial charge in [-0.15, -0.1) is 0 Å². The van der Waals surface area contributed by atoms with Crippen LogP contribution in [0.5, 0.6) is 0 Å². The summed E-state index contributed by atoms with van der Waals surface area (Å²) in [4.78, 5) is 187. The van der Waals surface area contributed by atoms with Crippen molar-refractivity contribution in [2.24, 2.45) is 23.3 Å². The second kappa shape index (κ2) is 34.0. The number of amides is 13. The highest BCUT2D eigenvalue weighted by molar-refractivity contribution is 7.98. The summed E-state index contributed by atoms with van der Waals surface area (Å²) in [7, 11) is 0. The minimum atomic E-state index is -1.48. The summed E-state index contributed by atoms with van der Waals surface area (Å²) >= 11 is 1.45. The zero-order valence-electron chi connectivity index (χ0n) is 51.8. The van der Waals surface area contributed by atoms with Gasteiger partial charge in [0.2, 0.25) is 76.8 Å². The molecular formula is C61H84N16O13S. The quantitative estimate of drug-likeness (QED) is 0.0241. The molecule has 6 rings (SSSR count). The van der Waals surface area contributed by atoms with Crippen molar-refractivity contribution >= 4 is 99.5 Å². The maximum absolute atomic E-state index is 14.5. The van der Waals surface area contributed by atoms with Gasteiger partial charge in [0.1, 0.15) is 60.4 Å². The average molecular weight is 1280 g/mol. The summed E-state index contributed by atoms with van der Waals surface area (Å²) in [5.41, 5.74) is 13.5. The Morgan fingerprint density at radius 3 is 1.91 bits per heavy atom. The highest BCUT2D eigenvalue weighted by Crippen LogP contribution is 2.23. The number of benzene rings is 2. The number of nitrogens with one attached hydrogen (secondary N) is 12. The molecule has 0 spiro atoms.